The maximum absolute atomic E-state index is 10.1. The SMILES string of the molecule is NCCCC[C@@H](N)C(=O)O.O. The molecule has 0 bridgehead atoms. The van der Waals surface area contributed by atoms with E-state index < -0.39 is 12.0 Å². The molecule has 0 radical (unpaired) electrons. The molecule has 0 aliphatic carbocycles. The molecular formula is C6H16N2O3. The van der Waals surface area contributed by atoms with Gasteiger partial charge < -0.3 is 22.1 Å². The van der Waals surface area contributed by atoms with Gasteiger partial charge in [0.25, 0.3) is 0 Å². The molecule has 0 saturated carbocycles. The molecular weight excluding hydrogens is 148 g/mol. The van der Waals surface area contributed by atoms with E-state index in [1.807, 2.05) is 0 Å². The Morgan fingerprint density at radius 2 is 2.00 bits per heavy atom. The fourth-order valence-electron chi connectivity index (χ4n) is 0.632. The van der Waals surface area contributed by atoms with Gasteiger partial charge in [0.05, 0.1) is 0 Å². The molecule has 7 N–H and O–H groups in total. The summed E-state index contributed by atoms with van der Waals surface area (Å²) < 4.78 is 0. The highest BCUT2D eigenvalue weighted by Gasteiger charge is 2.09. The van der Waals surface area contributed by atoms with Gasteiger partial charge in [-0.15, -0.1) is 0 Å². The molecule has 0 aliphatic heterocycles. The highest BCUT2D eigenvalue weighted by atomic mass is 16.4. The molecule has 11 heavy (non-hydrogen) atoms. The van der Waals surface area contributed by atoms with Crippen LogP contribution in [0.15, 0.2) is 0 Å². The average molecular weight is 164 g/mol. The third kappa shape index (κ3) is 7.24. The van der Waals surface area contributed by atoms with Crippen LogP contribution in [-0.4, -0.2) is 29.1 Å². The van der Waals surface area contributed by atoms with Crippen LogP contribution >= 0.6 is 0 Å². The number of hydrogen-bond donors (Lipinski definition) is 3. The van der Waals surface area contributed by atoms with E-state index in [0.29, 0.717) is 13.0 Å². The van der Waals surface area contributed by atoms with Crippen LogP contribution in [-0.2, 0) is 4.79 Å². The van der Waals surface area contributed by atoms with Gasteiger partial charge in [0.1, 0.15) is 6.04 Å². The Balaban J connectivity index is 0. The van der Waals surface area contributed by atoms with E-state index in [0.717, 1.165) is 12.8 Å². The van der Waals surface area contributed by atoms with Gasteiger partial charge in [0.2, 0.25) is 0 Å². The molecule has 0 fully saturated rings. The number of rotatable bonds is 5. The first-order valence-electron chi connectivity index (χ1n) is 3.37. The predicted molar refractivity (Wildman–Crippen MR) is 42.1 cm³/mol. The lowest BCUT2D eigenvalue weighted by Gasteiger charge is -2.03. The second-order valence-corrected chi connectivity index (χ2v) is 2.23. The van der Waals surface area contributed by atoms with E-state index in [4.69, 9.17) is 16.6 Å². The molecule has 0 aliphatic rings. The molecule has 5 heteroatoms. The normalized spacial score (nSPS) is 11.8. The summed E-state index contributed by atoms with van der Waals surface area (Å²) in [5.74, 6) is -0.933. The fraction of sp³-hybridized carbons (Fsp3) is 0.833. The molecule has 1 atom stereocenters. The lowest BCUT2D eigenvalue weighted by molar-refractivity contribution is -0.138. The average Bonchev–Trinajstić information content (AvgIpc) is 1.88. The largest absolute Gasteiger partial charge is 0.480 e. The summed E-state index contributed by atoms with van der Waals surface area (Å²) in [6.45, 7) is 0.604. The van der Waals surface area contributed by atoms with Gasteiger partial charge in [0.15, 0.2) is 0 Å². The van der Waals surface area contributed by atoms with Gasteiger partial charge >= 0.3 is 5.97 Å². The molecule has 68 valence electrons. The zero-order chi connectivity index (χ0) is 7.98. The lowest BCUT2D eigenvalue weighted by atomic mass is 10.1. The maximum Gasteiger partial charge on any atom is 0.320 e. The number of aliphatic carboxylic acids is 1. The van der Waals surface area contributed by atoms with Crippen LogP contribution in [0.4, 0.5) is 0 Å². The Morgan fingerprint density at radius 1 is 1.45 bits per heavy atom. The summed E-state index contributed by atoms with van der Waals surface area (Å²) in [7, 11) is 0. The Bertz CT molecular complexity index is 108. The number of nitrogens with two attached hydrogens (primary N) is 2. The quantitative estimate of drug-likeness (QED) is 0.437. The number of unbranched alkanes of at least 4 members (excludes halogenated alkanes) is 1. The first-order valence-corrected chi connectivity index (χ1v) is 3.37. The molecule has 0 heterocycles. The Hall–Kier alpha value is -0.650. The van der Waals surface area contributed by atoms with Crippen molar-refractivity contribution in [1.82, 2.24) is 0 Å². The van der Waals surface area contributed by atoms with Crippen LogP contribution in [0.3, 0.4) is 0 Å². The first-order chi connectivity index (χ1) is 4.68. The summed E-state index contributed by atoms with van der Waals surface area (Å²) in [5.41, 5.74) is 10.4. The van der Waals surface area contributed by atoms with Crippen molar-refractivity contribution in [2.75, 3.05) is 6.54 Å². The summed E-state index contributed by atoms with van der Waals surface area (Å²) in [6, 6.07) is -0.716. The van der Waals surface area contributed by atoms with Gasteiger partial charge in [-0.25, -0.2) is 0 Å². The minimum absolute atomic E-state index is 0. The summed E-state index contributed by atoms with van der Waals surface area (Å²) >= 11 is 0. The van der Waals surface area contributed by atoms with Gasteiger partial charge in [-0.1, -0.05) is 6.42 Å². The van der Waals surface area contributed by atoms with E-state index in [2.05, 4.69) is 0 Å². The van der Waals surface area contributed by atoms with Gasteiger partial charge in [-0.2, -0.15) is 0 Å². The van der Waals surface area contributed by atoms with E-state index in [1.165, 1.54) is 0 Å². The minimum atomic E-state index is -0.933. The van der Waals surface area contributed by atoms with Crippen molar-refractivity contribution in [1.29, 1.82) is 0 Å². The monoisotopic (exact) mass is 164 g/mol. The fourth-order valence-corrected chi connectivity index (χ4v) is 0.632. The van der Waals surface area contributed by atoms with Crippen molar-refractivity contribution in [3.63, 3.8) is 0 Å². The van der Waals surface area contributed by atoms with E-state index in [-0.39, 0.29) is 5.48 Å². The lowest BCUT2D eigenvalue weighted by Crippen LogP contribution is -2.29. The third-order valence-electron chi connectivity index (χ3n) is 1.29. The van der Waals surface area contributed by atoms with Crippen LogP contribution in [0, 0.1) is 0 Å². The molecule has 0 amide bonds. The number of hydrogen-bond acceptors (Lipinski definition) is 3. The molecule has 5 nitrogen and oxygen atoms in total. The highest BCUT2D eigenvalue weighted by Crippen LogP contribution is 1.96. The van der Waals surface area contributed by atoms with Crippen LogP contribution in [0.5, 0.6) is 0 Å². The maximum atomic E-state index is 10.1. The van der Waals surface area contributed by atoms with E-state index >= 15 is 0 Å². The molecule has 0 unspecified atom stereocenters. The van der Waals surface area contributed by atoms with E-state index in [1.54, 1.807) is 0 Å². The van der Waals surface area contributed by atoms with Gasteiger partial charge in [0, 0.05) is 0 Å². The minimum Gasteiger partial charge on any atom is -0.480 e. The van der Waals surface area contributed by atoms with Crippen LogP contribution in [0.25, 0.3) is 0 Å². The molecule has 0 rings (SSSR count). The topological polar surface area (TPSA) is 121 Å². The van der Waals surface area contributed by atoms with Crippen LogP contribution in [0.2, 0.25) is 0 Å². The van der Waals surface area contributed by atoms with Crippen molar-refractivity contribution in [3.05, 3.63) is 0 Å². The van der Waals surface area contributed by atoms with Crippen molar-refractivity contribution in [3.8, 4) is 0 Å². The highest BCUT2D eigenvalue weighted by molar-refractivity contribution is 5.72. The molecule has 0 aromatic rings. The van der Waals surface area contributed by atoms with Crippen molar-refractivity contribution in [2.45, 2.75) is 25.3 Å². The Labute approximate surface area is 65.7 Å². The smallest absolute Gasteiger partial charge is 0.320 e. The van der Waals surface area contributed by atoms with Crippen LogP contribution < -0.4 is 11.5 Å². The summed E-state index contributed by atoms with van der Waals surface area (Å²) in [4.78, 5) is 10.1. The number of carbonyl (C=O) groups is 1. The first kappa shape index (κ1) is 13.0. The standard InChI is InChI=1S/C6H14N2O2.H2O/c7-4-2-1-3-5(8)6(9)10;/h5H,1-4,7-8H2,(H,9,10);1H2/t5-;/m1./s1. The second-order valence-electron chi connectivity index (χ2n) is 2.23. The predicted octanol–water partition coefficient (Wildman–Crippen LogP) is -1.30. The Morgan fingerprint density at radius 3 is 2.36 bits per heavy atom. The summed E-state index contributed by atoms with van der Waals surface area (Å²) in [6.07, 6.45) is 2.16. The zero-order valence-corrected chi connectivity index (χ0v) is 6.42. The van der Waals surface area contributed by atoms with Crippen molar-refractivity contribution < 1.29 is 15.4 Å². The van der Waals surface area contributed by atoms with E-state index in [9.17, 15) is 4.79 Å². The zero-order valence-electron chi connectivity index (χ0n) is 6.42. The number of carboxylic acid groups (broad SMARTS) is 1. The molecule has 0 saturated heterocycles. The Kier molecular flexibility index (Phi) is 8.80. The van der Waals surface area contributed by atoms with Crippen molar-refractivity contribution >= 4 is 5.97 Å². The summed E-state index contributed by atoms with van der Waals surface area (Å²) in [5, 5.41) is 8.33. The van der Waals surface area contributed by atoms with Gasteiger partial charge in [-0.3, -0.25) is 4.79 Å². The second kappa shape index (κ2) is 7.46. The number of carboxylic acids is 1. The molecule has 0 aromatic heterocycles. The van der Waals surface area contributed by atoms with Crippen molar-refractivity contribution in [2.24, 2.45) is 11.5 Å². The molecule has 0 aromatic carbocycles. The third-order valence-corrected chi connectivity index (χ3v) is 1.29. The van der Waals surface area contributed by atoms with Crippen LogP contribution in [0.1, 0.15) is 19.3 Å². The molecule has 0 spiro atoms. The van der Waals surface area contributed by atoms with Gasteiger partial charge in [-0.05, 0) is 19.4 Å².